The molecule has 184 valence electrons. The lowest BCUT2D eigenvalue weighted by atomic mass is 9.83. The zero-order chi connectivity index (χ0) is 24.5. The molecule has 10 heteroatoms. The predicted octanol–water partition coefficient (Wildman–Crippen LogP) is 5.07. The summed E-state index contributed by atoms with van der Waals surface area (Å²) >= 11 is 6.31. The Labute approximate surface area is 207 Å². The molecule has 4 aromatic heterocycles. The molecular formula is C25H29ClN6O3. The zero-order valence-electron chi connectivity index (χ0n) is 20.1. The maximum absolute atomic E-state index is 11.6. The summed E-state index contributed by atoms with van der Waals surface area (Å²) in [7, 11) is 1.70. The van der Waals surface area contributed by atoms with Crippen LogP contribution in [0.2, 0.25) is 5.02 Å². The first kappa shape index (κ1) is 23.7. The minimum atomic E-state index is -0.640. The molecule has 1 N–H and O–H groups in total. The largest absolute Gasteiger partial charge is 0.439 e. The number of aromatic nitrogens is 6. The standard InChI is InChI=1S/C25H29ClN6O3/c1-14-4-6-16(7-5-14)12-32-22-19(29-24(32)15(2)13-34-3)9-20(23-30-25(33)35-31-23)28-21(22)17-8-18(26)11-27-10-17/h8-11,14-16H,4-7,12-13H2,1-3H3,(H,30,31,33)/t14-,15?,16-. The van der Waals surface area contributed by atoms with E-state index in [9.17, 15) is 4.79 Å². The van der Waals surface area contributed by atoms with Gasteiger partial charge in [0.05, 0.1) is 28.4 Å². The first-order valence-electron chi connectivity index (χ1n) is 12.0. The van der Waals surface area contributed by atoms with Gasteiger partial charge in [-0.25, -0.2) is 14.8 Å². The molecule has 1 saturated carbocycles. The highest BCUT2D eigenvalue weighted by molar-refractivity contribution is 6.30. The van der Waals surface area contributed by atoms with Crippen LogP contribution in [0.1, 0.15) is 51.3 Å². The number of imidazole rings is 1. The average Bonchev–Trinajstić information content (AvgIpc) is 3.44. The van der Waals surface area contributed by atoms with Crippen LogP contribution in [-0.4, -0.2) is 43.4 Å². The van der Waals surface area contributed by atoms with E-state index in [1.807, 2.05) is 12.1 Å². The van der Waals surface area contributed by atoms with Crippen LogP contribution in [0.3, 0.4) is 0 Å². The van der Waals surface area contributed by atoms with Crippen LogP contribution in [0.4, 0.5) is 0 Å². The van der Waals surface area contributed by atoms with Crippen molar-refractivity contribution in [1.82, 2.24) is 29.7 Å². The van der Waals surface area contributed by atoms with Crippen LogP contribution in [0.25, 0.3) is 33.8 Å². The van der Waals surface area contributed by atoms with Gasteiger partial charge in [-0.3, -0.25) is 14.5 Å². The SMILES string of the molecule is COCC(C)c1nc2cc(-c3noc(=O)[nH]3)nc(-c3cncc(Cl)c3)c2n1C[C@H]1CC[C@H](C)CC1. The number of pyridine rings is 2. The number of hydrogen-bond donors (Lipinski definition) is 1. The van der Waals surface area contributed by atoms with Crippen LogP contribution < -0.4 is 5.76 Å². The number of ether oxygens (including phenoxy) is 1. The first-order valence-corrected chi connectivity index (χ1v) is 12.4. The van der Waals surface area contributed by atoms with E-state index in [-0.39, 0.29) is 11.7 Å². The van der Waals surface area contributed by atoms with Gasteiger partial charge in [0.1, 0.15) is 11.5 Å². The van der Waals surface area contributed by atoms with Gasteiger partial charge in [-0.1, -0.05) is 43.4 Å². The van der Waals surface area contributed by atoms with Gasteiger partial charge in [-0.15, -0.1) is 0 Å². The Morgan fingerprint density at radius 2 is 2.03 bits per heavy atom. The molecule has 0 radical (unpaired) electrons. The maximum atomic E-state index is 11.6. The van der Waals surface area contributed by atoms with E-state index in [4.69, 9.17) is 30.8 Å². The molecule has 35 heavy (non-hydrogen) atoms. The van der Waals surface area contributed by atoms with Crippen molar-refractivity contribution >= 4 is 22.6 Å². The molecule has 1 fully saturated rings. The molecule has 4 heterocycles. The van der Waals surface area contributed by atoms with E-state index in [1.54, 1.807) is 19.5 Å². The van der Waals surface area contributed by atoms with Gasteiger partial charge in [0, 0.05) is 37.5 Å². The van der Waals surface area contributed by atoms with E-state index in [0.717, 1.165) is 34.9 Å². The van der Waals surface area contributed by atoms with Gasteiger partial charge in [0.15, 0.2) is 0 Å². The summed E-state index contributed by atoms with van der Waals surface area (Å²) in [6.07, 6.45) is 8.20. The van der Waals surface area contributed by atoms with Crippen LogP contribution in [0.15, 0.2) is 33.8 Å². The number of hydrogen-bond acceptors (Lipinski definition) is 7. The van der Waals surface area contributed by atoms with E-state index in [2.05, 4.69) is 33.5 Å². The van der Waals surface area contributed by atoms with Crippen molar-refractivity contribution in [1.29, 1.82) is 0 Å². The van der Waals surface area contributed by atoms with E-state index >= 15 is 0 Å². The van der Waals surface area contributed by atoms with Crippen molar-refractivity contribution in [3.8, 4) is 22.8 Å². The van der Waals surface area contributed by atoms with Crippen molar-refractivity contribution in [3.05, 3.63) is 45.9 Å². The summed E-state index contributed by atoms with van der Waals surface area (Å²) in [5, 5.41) is 4.35. The number of nitrogens with zero attached hydrogens (tertiary/aromatic N) is 5. The van der Waals surface area contributed by atoms with Crippen LogP contribution in [-0.2, 0) is 11.3 Å². The third-order valence-corrected chi connectivity index (χ3v) is 7.06. The van der Waals surface area contributed by atoms with Crippen molar-refractivity contribution in [2.24, 2.45) is 11.8 Å². The fraction of sp³-hybridized carbons (Fsp3) is 0.480. The lowest BCUT2D eigenvalue weighted by Gasteiger charge is -2.28. The Morgan fingerprint density at radius 3 is 2.71 bits per heavy atom. The third-order valence-electron chi connectivity index (χ3n) is 6.85. The predicted molar refractivity (Wildman–Crippen MR) is 133 cm³/mol. The molecule has 5 rings (SSSR count). The van der Waals surface area contributed by atoms with Crippen LogP contribution in [0.5, 0.6) is 0 Å². The molecule has 0 spiro atoms. The quantitative estimate of drug-likeness (QED) is 0.380. The topological polar surface area (TPSA) is 112 Å². The molecule has 1 aliphatic carbocycles. The van der Waals surface area contributed by atoms with Crippen LogP contribution >= 0.6 is 11.6 Å². The normalized spacial score (nSPS) is 19.3. The maximum Gasteiger partial charge on any atom is 0.439 e. The number of halogens is 1. The second-order valence-electron chi connectivity index (χ2n) is 9.62. The molecule has 1 unspecified atom stereocenters. The molecule has 0 saturated heterocycles. The third kappa shape index (κ3) is 4.88. The van der Waals surface area contributed by atoms with Gasteiger partial charge < -0.3 is 9.30 Å². The molecule has 0 amide bonds. The van der Waals surface area contributed by atoms with Crippen molar-refractivity contribution in [3.63, 3.8) is 0 Å². The average molecular weight is 497 g/mol. The lowest BCUT2D eigenvalue weighted by Crippen LogP contribution is -2.20. The fourth-order valence-electron chi connectivity index (χ4n) is 5.03. The Bertz CT molecular complexity index is 1390. The van der Waals surface area contributed by atoms with Crippen LogP contribution in [0, 0.1) is 11.8 Å². The number of nitrogens with one attached hydrogen (secondary N) is 1. The summed E-state index contributed by atoms with van der Waals surface area (Å²) in [5.41, 5.74) is 3.58. The summed E-state index contributed by atoms with van der Waals surface area (Å²) in [4.78, 5) is 28.4. The number of fused-ring (bicyclic) bond motifs is 1. The highest BCUT2D eigenvalue weighted by Gasteiger charge is 2.26. The van der Waals surface area contributed by atoms with Crippen molar-refractivity contribution < 1.29 is 9.26 Å². The Morgan fingerprint density at radius 1 is 1.23 bits per heavy atom. The lowest BCUT2D eigenvalue weighted by molar-refractivity contribution is 0.179. The molecule has 9 nitrogen and oxygen atoms in total. The molecular weight excluding hydrogens is 468 g/mol. The molecule has 0 aromatic carbocycles. The second kappa shape index (κ2) is 9.91. The summed E-state index contributed by atoms with van der Waals surface area (Å²) in [5.74, 6) is 1.98. The van der Waals surface area contributed by atoms with E-state index in [1.165, 1.54) is 25.7 Å². The van der Waals surface area contributed by atoms with E-state index < -0.39 is 5.76 Å². The Balaban J connectivity index is 1.73. The Kier molecular flexibility index (Phi) is 6.71. The van der Waals surface area contributed by atoms with Gasteiger partial charge in [0.2, 0.25) is 5.82 Å². The minimum Gasteiger partial charge on any atom is -0.384 e. The molecule has 0 bridgehead atoms. The smallest absolute Gasteiger partial charge is 0.384 e. The van der Waals surface area contributed by atoms with E-state index in [0.29, 0.717) is 28.9 Å². The summed E-state index contributed by atoms with van der Waals surface area (Å²) in [6, 6.07) is 3.68. The number of aromatic amines is 1. The number of H-pyrrole nitrogens is 1. The summed E-state index contributed by atoms with van der Waals surface area (Å²) < 4.78 is 12.5. The monoisotopic (exact) mass is 496 g/mol. The van der Waals surface area contributed by atoms with Gasteiger partial charge in [-0.05, 0) is 36.8 Å². The number of rotatable bonds is 7. The van der Waals surface area contributed by atoms with Gasteiger partial charge in [0.25, 0.3) is 0 Å². The minimum absolute atomic E-state index is 0.0792. The molecule has 4 aromatic rings. The van der Waals surface area contributed by atoms with Crippen molar-refractivity contribution in [2.45, 2.75) is 52.0 Å². The van der Waals surface area contributed by atoms with Gasteiger partial charge >= 0.3 is 5.76 Å². The highest BCUT2D eigenvalue weighted by Crippen LogP contribution is 2.36. The molecule has 0 aliphatic heterocycles. The highest BCUT2D eigenvalue weighted by atomic mass is 35.5. The molecule has 1 aliphatic rings. The van der Waals surface area contributed by atoms with Crippen molar-refractivity contribution in [2.75, 3.05) is 13.7 Å². The van der Waals surface area contributed by atoms with Gasteiger partial charge in [-0.2, -0.15) is 0 Å². The zero-order valence-corrected chi connectivity index (χ0v) is 20.9. The molecule has 1 atom stereocenters. The fourth-order valence-corrected chi connectivity index (χ4v) is 5.21. The first-order chi connectivity index (χ1) is 16.9. The second-order valence-corrected chi connectivity index (χ2v) is 10.1. The Hall–Kier alpha value is -3.04. The summed E-state index contributed by atoms with van der Waals surface area (Å²) in [6.45, 7) is 5.86. The number of methoxy groups -OCH3 is 1.